The standard InChI is InChI=1S/C28H41Si2.C12H7Si.2ClH.Zr/c1-10-11-12-21-15-22-13-14-26(20(2)3)28(27(22)16-21)23-17-24(29(4,5)6)19-25(18-23)30(7,8)9;1-3-7-11-9(5-1)10-6-2-4-8-12(10)13-11;;;/h13-20H,10-12H2,1-9H3;1-7H;2*1H;/q2*-1;;;+4/p-2. The zero-order valence-electron chi connectivity index (χ0n) is 29.0. The first-order valence-corrected chi connectivity index (χ1v) is 30.8. The summed E-state index contributed by atoms with van der Waals surface area (Å²) in [6, 6.07) is 35.5. The Bertz CT molecular complexity index is 1680. The van der Waals surface area contributed by atoms with Crippen LogP contribution in [-0.4, -0.2) is 25.7 Å². The number of aryl methyl sites for hydroxylation is 1. The zero-order valence-corrected chi connectivity index (χ0v) is 36.0. The zero-order chi connectivity index (χ0) is 33.6. The number of hydrogen-bond acceptors (Lipinski definition) is 0. The van der Waals surface area contributed by atoms with E-state index in [0.717, 1.165) is 9.52 Å². The van der Waals surface area contributed by atoms with Crippen molar-refractivity contribution in [2.75, 3.05) is 0 Å². The van der Waals surface area contributed by atoms with E-state index in [4.69, 9.17) is 17.0 Å². The number of unbranched alkanes of at least 4 members (excludes halogenated alkanes) is 1. The molecule has 0 unspecified atom stereocenters. The average Bonchev–Trinajstić information content (AvgIpc) is 3.60. The molecule has 46 heavy (non-hydrogen) atoms. The van der Waals surface area contributed by atoms with Crippen LogP contribution in [0.2, 0.25) is 39.3 Å². The Kier molecular flexibility index (Phi) is 13.3. The summed E-state index contributed by atoms with van der Waals surface area (Å²) in [4.78, 5) is 0. The Morgan fingerprint density at radius 3 is 2.07 bits per heavy atom. The van der Waals surface area contributed by atoms with Crippen molar-refractivity contribution >= 4 is 74.2 Å². The van der Waals surface area contributed by atoms with E-state index in [0.29, 0.717) is 5.92 Å². The summed E-state index contributed by atoms with van der Waals surface area (Å²) in [5.41, 5.74) is 8.70. The summed E-state index contributed by atoms with van der Waals surface area (Å²) in [6.45, 7) is 21.9. The molecule has 5 aromatic rings. The van der Waals surface area contributed by atoms with Gasteiger partial charge in [-0.3, -0.25) is 0 Å². The maximum atomic E-state index is 4.93. The molecule has 6 rings (SSSR count). The van der Waals surface area contributed by atoms with Crippen LogP contribution in [0.1, 0.15) is 50.7 Å². The molecule has 0 nitrogen and oxygen atoms in total. The largest absolute Gasteiger partial charge is 0.184 e. The third-order valence-corrected chi connectivity index (χ3v) is 14.1. The molecule has 0 saturated carbocycles. The predicted octanol–water partition coefficient (Wildman–Crippen LogP) is 10.3. The molecule has 238 valence electrons. The van der Waals surface area contributed by atoms with Gasteiger partial charge < -0.3 is 0 Å². The first kappa shape index (κ1) is 37.4. The van der Waals surface area contributed by atoms with Crippen LogP contribution in [-0.2, 0) is 27.3 Å². The third kappa shape index (κ3) is 9.18. The van der Waals surface area contributed by atoms with Crippen LogP contribution in [0, 0.1) is 6.07 Å². The van der Waals surface area contributed by atoms with E-state index in [1.807, 2.05) is 6.07 Å². The first-order chi connectivity index (χ1) is 21.8. The molecule has 2 radical (unpaired) electrons. The summed E-state index contributed by atoms with van der Waals surface area (Å²) in [5, 5.41) is 8.89. The molecule has 6 heteroatoms. The Hall–Kier alpha value is -1.40. The summed E-state index contributed by atoms with van der Waals surface area (Å²) < 4.78 is 0. The van der Waals surface area contributed by atoms with Gasteiger partial charge in [-0.1, -0.05) is 148 Å². The van der Waals surface area contributed by atoms with Crippen molar-refractivity contribution in [2.45, 2.75) is 85.2 Å². The number of fused-ring (bicyclic) bond motifs is 4. The molecule has 0 aliphatic carbocycles. The molecule has 5 aromatic carbocycles. The smallest absolute Gasteiger partial charge is 0.0920 e. The molecular weight excluding hydrogens is 727 g/mol. The van der Waals surface area contributed by atoms with Crippen LogP contribution in [0.3, 0.4) is 0 Å². The Labute approximate surface area is 302 Å². The normalized spacial score (nSPS) is 12.1. The van der Waals surface area contributed by atoms with Gasteiger partial charge in [-0.25, -0.2) is 0 Å². The maximum absolute atomic E-state index is 4.93. The molecule has 0 fully saturated rings. The van der Waals surface area contributed by atoms with Gasteiger partial charge in [0.1, 0.15) is 0 Å². The van der Waals surface area contributed by atoms with Gasteiger partial charge in [-0.05, 0) is 17.9 Å². The van der Waals surface area contributed by atoms with Gasteiger partial charge >= 0.3 is 37.9 Å². The van der Waals surface area contributed by atoms with Crippen LogP contribution in [0.25, 0.3) is 33.0 Å². The van der Waals surface area contributed by atoms with Crippen molar-refractivity contribution in [3.05, 3.63) is 102 Å². The van der Waals surface area contributed by atoms with Crippen LogP contribution in [0.15, 0.2) is 84.9 Å². The Morgan fingerprint density at radius 1 is 0.826 bits per heavy atom. The van der Waals surface area contributed by atoms with E-state index in [9.17, 15) is 0 Å². The molecule has 0 spiro atoms. The Morgan fingerprint density at radius 2 is 1.46 bits per heavy atom. The minimum Gasteiger partial charge on any atom is -0.184 e. The van der Waals surface area contributed by atoms with Crippen molar-refractivity contribution in [3.8, 4) is 22.3 Å². The van der Waals surface area contributed by atoms with Crippen molar-refractivity contribution in [3.63, 3.8) is 0 Å². The van der Waals surface area contributed by atoms with Gasteiger partial charge in [-0.15, -0.1) is 40.1 Å². The average molecular weight is 775 g/mol. The second-order valence-corrected chi connectivity index (χ2v) is 29.8. The molecule has 0 bridgehead atoms. The van der Waals surface area contributed by atoms with Crippen LogP contribution in [0.5, 0.6) is 0 Å². The summed E-state index contributed by atoms with van der Waals surface area (Å²) >= 11 is -0.826. The van der Waals surface area contributed by atoms with E-state index in [1.54, 1.807) is 10.4 Å². The van der Waals surface area contributed by atoms with Crippen molar-refractivity contribution in [1.29, 1.82) is 0 Å². The van der Waals surface area contributed by atoms with Crippen molar-refractivity contribution < 1.29 is 20.8 Å². The monoisotopic (exact) mass is 772 g/mol. The summed E-state index contributed by atoms with van der Waals surface area (Å²) in [7, 11) is 7.84. The van der Waals surface area contributed by atoms with Gasteiger partial charge in [0.25, 0.3) is 0 Å². The summed E-state index contributed by atoms with van der Waals surface area (Å²) in [6.07, 6.45) is 3.72. The second kappa shape index (κ2) is 16.3. The SMILES string of the molecule is CCCCc1cc2c(-c3cc([Si](C)(C)C)cc([Si](C)(C)C)c3)c(C(C)C)ccc2[cH-]1.[Cl][Zr+2][Cl].[c-]1cccc2c1[Si]c1ccccc1-2. The van der Waals surface area contributed by atoms with E-state index < -0.39 is 37.0 Å². The van der Waals surface area contributed by atoms with Crippen molar-refractivity contribution in [1.82, 2.24) is 0 Å². The fourth-order valence-electron chi connectivity index (χ4n) is 6.05. The molecule has 1 aliphatic heterocycles. The van der Waals surface area contributed by atoms with Gasteiger partial charge in [0.05, 0.1) is 25.7 Å². The molecule has 0 aromatic heterocycles. The first-order valence-electron chi connectivity index (χ1n) is 16.5. The maximum Gasteiger partial charge on any atom is 0.0920 e. The molecule has 1 aliphatic rings. The van der Waals surface area contributed by atoms with Gasteiger partial charge in [-0.2, -0.15) is 35.5 Å². The second-order valence-electron chi connectivity index (χ2n) is 14.7. The topological polar surface area (TPSA) is 0 Å². The third-order valence-electron chi connectivity index (χ3n) is 8.71. The number of halogens is 2. The number of rotatable bonds is 7. The molecule has 0 atom stereocenters. The molecule has 0 saturated heterocycles. The van der Waals surface area contributed by atoms with E-state index >= 15 is 0 Å². The molecule has 1 heterocycles. The van der Waals surface area contributed by atoms with Gasteiger partial charge in [0, 0.05) is 0 Å². The molecule has 0 amide bonds. The van der Waals surface area contributed by atoms with Crippen LogP contribution < -0.4 is 20.7 Å². The minimum absolute atomic E-state index is 0.518. The van der Waals surface area contributed by atoms with E-state index in [-0.39, 0.29) is 0 Å². The molecular formula is C40H48Cl2Si3Zr. The molecule has 0 N–H and O–H groups in total. The fraction of sp³-hybridized carbons (Fsp3) is 0.325. The Balaban J connectivity index is 0.000000245. The predicted molar refractivity (Wildman–Crippen MR) is 211 cm³/mol. The quantitative estimate of drug-likeness (QED) is 0.112. The summed E-state index contributed by atoms with van der Waals surface area (Å²) in [5.74, 6) is 0.518. The van der Waals surface area contributed by atoms with Crippen molar-refractivity contribution in [2.24, 2.45) is 0 Å². The van der Waals surface area contributed by atoms with Gasteiger partial charge in [0.2, 0.25) is 0 Å². The van der Waals surface area contributed by atoms with Crippen LogP contribution >= 0.6 is 17.0 Å². The number of hydrogen-bond donors (Lipinski definition) is 0. The van der Waals surface area contributed by atoms with Crippen LogP contribution in [0.4, 0.5) is 0 Å². The fourth-order valence-corrected chi connectivity index (χ4v) is 9.86. The van der Waals surface area contributed by atoms with E-state index in [2.05, 4.69) is 145 Å². The minimum atomic E-state index is -1.41. The number of benzene rings is 4. The van der Waals surface area contributed by atoms with E-state index in [1.165, 1.54) is 73.8 Å². The van der Waals surface area contributed by atoms with Gasteiger partial charge in [0.15, 0.2) is 0 Å².